The number of nitrogens with zero attached hydrogens (tertiary/aromatic N) is 1. The first kappa shape index (κ1) is 16.0. The van der Waals surface area contributed by atoms with Gasteiger partial charge in [-0.25, -0.2) is 0 Å². The Kier molecular flexibility index (Phi) is 5.31. The number of phenols is 1. The first-order valence-electron chi connectivity index (χ1n) is 8.37. The van der Waals surface area contributed by atoms with Crippen LogP contribution in [-0.4, -0.2) is 29.3 Å². The fourth-order valence-electron chi connectivity index (χ4n) is 3.10. The molecule has 2 aromatic rings. The molecular formula is C20H25NO2. The van der Waals surface area contributed by atoms with Gasteiger partial charge in [0.05, 0.1) is 6.10 Å². The molecule has 1 fully saturated rings. The van der Waals surface area contributed by atoms with Gasteiger partial charge in [0.1, 0.15) is 5.75 Å². The van der Waals surface area contributed by atoms with Crippen LogP contribution >= 0.6 is 0 Å². The highest BCUT2D eigenvalue weighted by atomic mass is 16.5. The van der Waals surface area contributed by atoms with E-state index in [-0.39, 0.29) is 0 Å². The Labute approximate surface area is 138 Å². The van der Waals surface area contributed by atoms with Crippen molar-refractivity contribution < 1.29 is 9.84 Å². The number of benzene rings is 2. The molecule has 0 aliphatic carbocycles. The third kappa shape index (κ3) is 4.57. The smallest absolute Gasteiger partial charge is 0.120 e. The Morgan fingerprint density at radius 3 is 2.57 bits per heavy atom. The molecule has 3 nitrogen and oxygen atoms in total. The van der Waals surface area contributed by atoms with Crippen LogP contribution in [0, 0.1) is 6.92 Å². The average molecular weight is 311 g/mol. The molecule has 1 heterocycles. The minimum absolute atomic E-state index is 0.311. The van der Waals surface area contributed by atoms with E-state index < -0.39 is 0 Å². The Bertz CT molecular complexity index is 618. The zero-order valence-electron chi connectivity index (χ0n) is 13.7. The lowest BCUT2D eigenvalue weighted by molar-refractivity contribution is 0.0676. The van der Waals surface area contributed by atoms with Crippen LogP contribution in [0.3, 0.4) is 0 Å². The molecule has 3 rings (SSSR count). The largest absolute Gasteiger partial charge is 0.508 e. The second-order valence-electron chi connectivity index (χ2n) is 6.42. The number of hydrogen-bond donors (Lipinski definition) is 1. The third-order valence-electron chi connectivity index (χ3n) is 4.40. The van der Waals surface area contributed by atoms with E-state index in [1.165, 1.54) is 11.1 Å². The van der Waals surface area contributed by atoms with Crippen LogP contribution in [0.5, 0.6) is 5.75 Å². The first-order chi connectivity index (χ1) is 11.2. The SMILES string of the molecule is Cc1ccc(CN(Cc2ccccc2O)CC2CCCO2)cc1. The molecule has 1 aliphatic rings. The van der Waals surface area contributed by atoms with Gasteiger partial charge in [-0.2, -0.15) is 0 Å². The molecule has 0 saturated carbocycles. The molecule has 1 aliphatic heterocycles. The highest BCUT2D eigenvalue weighted by molar-refractivity contribution is 5.31. The number of aromatic hydroxyl groups is 1. The highest BCUT2D eigenvalue weighted by Gasteiger charge is 2.20. The molecule has 122 valence electrons. The third-order valence-corrected chi connectivity index (χ3v) is 4.40. The molecule has 0 aromatic heterocycles. The van der Waals surface area contributed by atoms with E-state index in [0.29, 0.717) is 11.9 Å². The summed E-state index contributed by atoms with van der Waals surface area (Å²) in [6, 6.07) is 16.3. The van der Waals surface area contributed by atoms with Crippen LogP contribution in [0.1, 0.15) is 29.5 Å². The molecule has 1 saturated heterocycles. The Morgan fingerprint density at radius 1 is 1.09 bits per heavy atom. The van der Waals surface area contributed by atoms with E-state index >= 15 is 0 Å². The lowest BCUT2D eigenvalue weighted by Crippen LogP contribution is -2.31. The summed E-state index contributed by atoms with van der Waals surface area (Å²) in [5.74, 6) is 0.369. The molecule has 3 heteroatoms. The molecular weight excluding hydrogens is 286 g/mol. The molecule has 1 N–H and O–H groups in total. The number of rotatable bonds is 6. The van der Waals surface area contributed by atoms with Crippen molar-refractivity contribution in [2.24, 2.45) is 0 Å². The monoisotopic (exact) mass is 311 g/mol. The predicted molar refractivity (Wildman–Crippen MR) is 92.4 cm³/mol. The summed E-state index contributed by atoms with van der Waals surface area (Å²) in [6.07, 6.45) is 2.59. The van der Waals surface area contributed by atoms with Gasteiger partial charge in [0.2, 0.25) is 0 Å². The highest BCUT2D eigenvalue weighted by Crippen LogP contribution is 2.21. The van der Waals surface area contributed by atoms with Crippen molar-refractivity contribution in [3.8, 4) is 5.75 Å². The first-order valence-corrected chi connectivity index (χ1v) is 8.37. The number of phenolic OH excluding ortho intramolecular Hbond substituents is 1. The van der Waals surface area contributed by atoms with E-state index in [0.717, 1.165) is 44.6 Å². The van der Waals surface area contributed by atoms with Crippen LogP contribution in [0.25, 0.3) is 0 Å². The van der Waals surface area contributed by atoms with E-state index in [1.54, 1.807) is 6.07 Å². The van der Waals surface area contributed by atoms with Crippen LogP contribution in [-0.2, 0) is 17.8 Å². The number of para-hydroxylation sites is 1. The maximum atomic E-state index is 10.1. The van der Waals surface area contributed by atoms with E-state index in [1.807, 2.05) is 18.2 Å². The van der Waals surface area contributed by atoms with Gasteiger partial charge in [-0.15, -0.1) is 0 Å². The molecule has 0 radical (unpaired) electrons. The summed E-state index contributed by atoms with van der Waals surface area (Å²) in [6.45, 7) is 5.49. The summed E-state index contributed by atoms with van der Waals surface area (Å²) in [4.78, 5) is 2.37. The van der Waals surface area contributed by atoms with Crippen LogP contribution in [0.15, 0.2) is 48.5 Å². The quantitative estimate of drug-likeness (QED) is 0.878. The fourth-order valence-corrected chi connectivity index (χ4v) is 3.10. The van der Waals surface area contributed by atoms with Gasteiger partial charge in [0, 0.05) is 31.8 Å². The van der Waals surface area contributed by atoms with E-state index in [2.05, 4.69) is 36.1 Å². The Morgan fingerprint density at radius 2 is 1.87 bits per heavy atom. The zero-order chi connectivity index (χ0) is 16.1. The standard InChI is InChI=1S/C20H25NO2/c1-16-8-10-17(11-9-16)13-21(15-19-6-4-12-23-19)14-18-5-2-3-7-20(18)22/h2-3,5,7-11,19,22H,4,6,12-15H2,1H3. The maximum Gasteiger partial charge on any atom is 0.120 e. The Hall–Kier alpha value is -1.84. The predicted octanol–water partition coefficient (Wildman–Crippen LogP) is 3.88. The molecule has 1 unspecified atom stereocenters. The van der Waals surface area contributed by atoms with Crippen LogP contribution in [0.4, 0.5) is 0 Å². The maximum absolute atomic E-state index is 10.1. The fraction of sp³-hybridized carbons (Fsp3) is 0.400. The second kappa shape index (κ2) is 7.62. The van der Waals surface area contributed by atoms with Crippen molar-refractivity contribution in [2.45, 2.75) is 39.0 Å². The van der Waals surface area contributed by atoms with Gasteiger partial charge in [0.15, 0.2) is 0 Å². The summed E-state index contributed by atoms with van der Waals surface area (Å²) >= 11 is 0. The molecule has 23 heavy (non-hydrogen) atoms. The number of aryl methyl sites for hydroxylation is 1. The molecule has 0 bridgehead atoms. The summed E-state index contributed by atoms with van der Waals surface area (Å²) in [5.41, 5.74) is 3.54. The summed E-state index contributed by atoms with van der Waals surface area (Å²) in [7, 11) is 0. The summed E-state index contributed by atoms with van der Waals surface area (Å²) in [5, 5.41) is 10.1. The molecule has 1 atom stereocenters. The van der Waals surface area contributed by atoms with Crippen molar-refractivity contribution in [3.63, 3.8) is 0 Å². The van der Waals surface area contributed by atoms with Crippen molar-refractivity contribution in [1.82, 2.24) is 4.90 Å². The average Bonchev–Trinajstić information content (AvgIpc) is 3.05. The molecule has 0 amide bonds. The van der Waals surface area contributed by atoms with Gasteiger partial charge in [-0.05, 0) is 31.4 Å². The zero-order valence-corrected chi connectivity index (χ0v) is 13.7. The normalized spacial score (nSPS) is 17.7. The van der Waals surface area contributed by atoms with Gasteiger partial charge in [0.25, 0.3) is 0 Å². The second-order valence-corrected chi connectivity index (χ2v) is 6.42. The van der Waals surface area contributed by atoms with Gasteiger partial charge in [-0.3, -0.25) is 4.90 Å². The van der Waals surface area contributed by atoms with E-state index in [9.17, 15) is 5.11 Å². The topological polar surface area (TPSA) is 32.7 Å². The van der Waals surface area contributed by atoms with Crippen molar-refractivity contribution in [2.75, 3.05) is 13.2 Å². The lowest BCUT2D eigenvalue weighted by Gasteiger charge is -2.25. The van der Waals surface area contributed by atoms with Crippen molar-refractivity contribution >= 4 is 0 Å². The van der Waals surface area contributed by atoms with Crippen molar-refractivity contribution in [1.29, 1.82) is 0 Å². The Balaban J connectivity index is 1.72. The number of hydrogen-bond acceptors (Lipinski definition) is 3. The minimum Gasteiger partial charge on any atom is -0.508 e. The lowest BCUT2D eigenvalue weighted by atomic mass is 10.1. The van der Waals surface area contributed by atoms with Gasteiger partial charge in [-0.1, -0.05) is 48.0 Å². The van der Waals surface area contributed by atoms with E-state index in [4.69, 9.17) is 4.74 Å². The number of ether oxygens (including phenoxy) is 1. The van der Waals surface area contributed by atoms with Gasteiger partial charge >= 0.3 is 0 Å². The van der Waals surface area contributed by atoms with Gasteiger partial charge < -0.3 is 9.84 Å². The van der Waals surface area contributed by atoms with Crippen LogP contribution in [0.2, 0.25) is 0 Å². The molecule has 2 aromatic carbocycles. The molecule has 0 spiro atoms. The summed E-state index contributed by atoms with van der Waals surface area (Å²) < 4.78 is 5.80. The van der Waals surface area contributed by atoms with Crippen LogP contribution < -0.4 is 0 Å². The minimum atomic E-state index is 0.311. The van der Waals surface area contributed by atoms with Crippen molar-refractivity contribution in [3.05, 3.63) is 65.2 Å².